The molecular weight excluding hydrogens is 560 g/mol. The first kappa shape index (κ1) is 30.1. The van der Waals surface area contributed by atoms with E-state index in [0.717, 1.165) is 44.8 Å². The molecule has 0 fully saturated rings. The van der Waals surface area contributed by atoms with Crippen molar-refractivity contribution < 1.29 is 15.3 Å². The summed E-state index contributed by atoms with van der Waals surface area (Å²) in [6, 6.07) is 42.5. The molecule has 0 atom stereocenters. The summed E-state index contributed by atoms with van der Waals surface area (Å²) in [5.74, 6) is 0.965. The third-order valence-electron chi connectivity index (χ3n) is 6.31. The number of para-hydroxylation sites is 3. The number of phenolic OH excluding ortho intramolecular Hbond substituents is 3. The summed E-state index contributed by atoms with van der Waals surface area (Å²) in [5.41, 5.74) is 7.86. The van der Waals surface area contributed by atoms with Crippen molar-refractivity contribution >= 4 is 46.4 Å². The Kier molecular flexibility index (Phi) is 10.2. The van der Waals surface area contributed by atoms with E-state index in [4.69, 9.17) is 15.3 Å². The van der Waals surface area contributed by atoms with Crippen molar-refractivity contribution in [3.63, 3.8) is 0 Å². The van der Waals surface area contributed by atoms with E-state index in [-0.39, 0.29) is 0 Å². The molecular formula is C38H32N4O3. The van der Waals surface area contributed by atoms with Crippen LogP contribution in [0.1, 0.15) is 22.8 Å². The molecule has 6 aromatic rings. The second-order valence-corrected chi connectivity index (χ2v) is 9.91. The maximum atomic E-state index is 8.63. The number of aromatic amines is 2. The lowest BCUT2D eigenvalue weighted by Gasteiger charge is -1.86. The smallest absolute Gasteiger partial charge is 0.115 e. The molecule has 8 bridgehead atoms. The molecule has 5 heterocycles. The van der Waals surface area contributed by atoms with Gasteiger partial charge in [-0.15, -0.1) is 0 Å². The van der Waals surface area contributed by atoms with E-state index in [2.05, 4.69) is 50.3 Å². The van der Waals surface area contributed by atoms with Gasteiger partial charge in [-0.05, 0) is 109 Å². The van der Waals surface area contributed by atoms with Gasteiger partial charge in [0.25, 0.3) is 0 Å². The van der Waals surface area contributed by atoms with Crippen molar-refractivity contribution in [2.24, 2.45) is 0 Å². The van der Waals surface area contributed by atoms with Crippen molar-refractivity contribution in [2.45, 2.75) is 0 Å². The number of aromatic hydroxyl groups is 3. The van der Waals surface area contributed by atoms with Crippen molar-refractivity contribution in [3.05, 3.63) is 162 Å². The molecule has 3 aromatic heterocycles. The molecule has 3 aromatic carbocycles. The number of nitrogens with one attached hydrogen (secondary N) is 2. The van der Waals surface area contributed by atoms with Crippen LogP contribution in [0.15, 0.2) is 140 Å². The van der Waals surface area contributed by atoms with Crippen LogP contribution >= 0.6 is 0 Å². The third kappa shape index (κ3) is 9.87. The molecule has 45 heavy (non-hydrogen) atoms. The standard InChI is InChI=1S/C20H14N4.3C6H6O/c1-2-14-10-16-5-6-18(23-16)12-20-8-7-19(24-20)11-17-4-3-15(22-17)9-13(1)21-14;3*7-6-4-2-1-3-5-6/h1-12,21-22H;3*1-5,7H. The Morgan fingerprint density at radius 1 is 0.333 bits per heavy atom. The first-order valence-electron chi connectivity index (χ1n) is 14.2. The number of H-pyrrole nitrogens is 2. The average Bonchev–Trinajstić information content (AvgIpc) is 3.86. The molecule has 2 aliphatic heterocycles. The highest BCUT2D eigenvalue weighted by Crippen LogP contribution is 2.17. The van der Waals surface area contributed by atoms with E-state index >= 15 is 0 Å². The lowest BCUT2D eigenvalue weighted by Crippen LogP contribution is -1.77. The fraction of sp³-hybridized carbons (Fsp3) is 0. The lowest BCUT2D eigenvalue weighted by atomic mass is 10.3. The van der Waals surface area contributed by atoms with E-state index in [1.807, 2.05) is 60.7 Å². The highest BCUT2D eigenvalue weighted by molar-refractivity contribution is 5.77. The Bertz CT molecular complexity index is 1850. The van der Waals surface area contributed by atoms with Crippen LogP contribution in [0, 0.1) is 0 Å². The highest BCUT2D eigenvalue weighted by atomic mass is 16.3. The zero-order chi connectivity index (χ0) is 31.3. The van der Waals surface area contributed by atoms with Gasteiger partial charge in [-0.2, -0.15) is 0 Å². The van der Waals surface area contributed by atoms with Gasteiger partial charge in [0.05, 0.1) is 22.8 Å². The Morgan fingerprint density at radius 2 is 0.622 bits per heavy atom. The Hall–Kier alpha value is -6.34. The van der Waals surface area contributed by atoms with Gasteiger partial charge >= 0.3 is 0 Å². The summed E-state index contributed by atoms with van der Waals surface area (Å²) in [5, 5.41) is 25.9. The van der Waals surface area contributed by atoms with Gasteiger partial charge in [0.2, 0.25) is 0 Å². The van der Waals surface area contributed by atoms with E-state index in [9.17, 15) is 0 Å². The second kappa shape index (κ2) is 15.2. The van der Waals surface area contributed by atoms with Crippen LogP contribution < -0.4 is 0 Å². The predicted octanol–water partition coefficient (Wildman–Crippen LogP) is 8.83. The van der Waals surface area contributed by atoms with Gasteiger partial charge in [0, 0.05) is 22.1 Å². The molecule has 0 radical (unpaired) electrons. The SMILES string of the molecule is C1=Cc2cc3ccc(cc4ccc(cc5nc(cc1n2)C=C5)[nH]4)[nH]3.Oc1ccccc1.Oc1ccccc1.Oc1ccccc1. The van der Waals surface area contributed by atoms with Crippen molar-refractivity contribution in [1.82, 2.24) is 19.9 Å². The minimum absolute atomic E-state index is 0.322. The zero-order valence-corrected chi connectivity index (χ0v) is 24.3. The normalized spacial score (nSPS) is 10.8. The Labute approximate surface area is 260 Å². The number of fused-ring (bicyclic) bond motifs is 8. The maximum Gasteiger partial charge on any atom is 0.115 e. The fourth-order valence-electron chi connectivity index (χ4n) is 4.23. The van der Waals surface area contributed by atoms with E-state index in [1.165, 1.54) is 0 Å². The fourth-order valence-corrected chi connectivity index (χ4v) is 4.23. The van der Waals surface area contributed by atoms with Gasteiger partial charge in [-0.3, -0.25) is 0 Å². The van der Waals surface area contributed by atoms with E-state index < -0.39 is 0 Å². The quantitative estimate of drug-likeness (QED) is 0.121. The molecule has 0 saturated carbocycles. The number of hydrogen-bond donors (Lipinski definition) is 5. The van der Waals surface area contributed by atoms with Crippen LogP contribution in [0.2, 0.25) is 0 Å². The second-order valence-electron chi connectivity index (χ2n) is 9.91. The molecule has 222 valence electrons. The minimum atomic E-state index is 0.322. The van der Waals surface area contributed by atoms with Gasteiger partial charge in [0.1, 0.15) is 17.2 Å². The molecule has 8 rings (SSSR count). The first-order valence-corrected chi connectivity index (χ1v) is 14.2. The summed E-state index contributed by atoms with van der Waals surface area (Å²) in [6.07, 6.45) is 8.05. The topological polar surface area (TPSA) is 118 Å². The molecule has 2 aliphatic rings. The Morgan fingerprint density at radius 3 is 0.911 bits per heavy atom. The van der Waals surface area contributed by atoms with Crippen LogP contribution in [0.5, 0.6) is 17.2 Å². The summed E-state index contributed by atoms with van der Waals surface area (Å²) in [4.78, 5) is 16.0. The number of aromatic nitrogens is 4. The number of phenols is 3. The number of hydrogen-bond acceptors (Lipinski definition) is 5. The molecule has 0 aliphatic carbocycles. The van der Waals surface area contributed by atoms with Crippen LogP contribution in [0.4, 0.5) is 0 Å². The van der Waals surface area contributed by atoms with Gasteiger partial charge in [-0.25, -0.2) is 9.97 Å². The molecule has 5 N–H and O–H groups in total. The molecule has 7 heteroatoms. The average molecular weight is 593 g/mol. The predicted molar refractivity (Wildman–Crippen MR) is 183 cm³/mol. The highest BCUT2D eigenvalue weighted by Gasteiger charge is 2.02. The lowest BCUT2D eigenvalue weighted by molar-refractivity contribution is 0.475. The summed E-state index contributed by atoms with van der Waals surface area (Å²) >= 11 is 0. The first-order chi connectivity index (χ1) is 22.0. The zero-order valence-electron chi connectivity index (χ0n) is 24.3. The van der Waals surface area contributed by atoms with Crippen LogP contribution in [-0.4, -0.2) is 35.3 Å². The van der Waals surface area contributed by atoms with Gasteiger partial charge in [0.15, 0.2) is 0 Å². The summed E-state index contributed by atoms with van der Waals surface area (Å²) < 4.78 is 0. The number of benzene rings is 3. The van der Waals surface area contributed by atoms with Crippen molar-refractivity contribution in [1.29, 1.82) is 0 Å². The summed E-state index contributed by atoms with van der Waals surface area (Å²) in [6.45, 7) is 0. The maximum absolute atomic E-state index is 8.63. The van der Waals surface area contributed by atoms with E-state index in [1.54, 1.807) is 72.8 Å². The van der Waals surface area contributed by atoms with E-state index in [0.29, 0.717) is 17.2 Å². The largest absolute Gasteiger partial charge is 0.508 e. The number of nitrogens with zero attached hydrogens (tertiary/aromatic N) is 2. The Balaban J connectivity index is 0.000000154. The van der Waals surface area contributed by atoms with Crippen LogP contribution in [0.25, 0.3) is 46.4 Å². The van der Waals surface area contributed by atoms with Crippen molar-refractivity contribution in [3.8, 4) is 17.2 Å². The van der Waals surface area contributed by atoms with Crippen molar-refractivity contribution in [2.75, 3.05) is 0 Å². The third-order valence-corrected chi connectivity index (χ3v) is 6.31. The molecule has 0 amide bonds. The molecule has 7 nitrogen and oxygen atoms in total. The van der Waals surface area contributed by atoms with Gasteiger partial charge in [-0.1, -0.05) is 54.6 Å². The number of rotatable bonds is 0. The minimum Gasteiger partial charge on any atom is -0.508 e. The summed E-state index contributed by atoms with van der Waals surface area (Å²) in [7, 11) is 0. The van der Waals surface area contributed by atoms with Crippen LogP contribution in [0.3, 0.4) is 0 Å². The molecule has 0 saturated heterocycles. The van der Waals surface area contributed by atoms with Crippen LogP contribution in [-0.2, 0) is 0 Å². The molecule has 0 spiro atoms. The van der Waals surface area contributed by atoms with Gasteiger partial charge < -0.3 is 25.3 Å². The monoisotopic (exact) mass is 592 g/mol. The molecule has 0 unspecified atom stereocenters.